The van der Waals surface area contributed by atoms with Gasteiger partial charge in [0.15, 0.2) is 0 Å². The minimum atomic E-state index is -0.246. The Bertz CT molecular complexity index is 1900. The van der Waals surface area contributed by atoms with Crippen molar-refractivity contribution in [2.24, 2.45) is 0 Å². The highest BCUT2D eigenvalue weighted by Crippen LogP contribution is 2.41. The standard InChI is InChI=1S/C40H47ClN8O3/c41-31-8-1-6-28-7-2-9-33(37(28)31)46-19-12-30-32(26-46)43-39(52-27-40-13-4-17-48(40)18-5-14-40)44-38(30)47-20-21-49(29(25-47)11-15-42)36(50)10-3-16-45-22-23-51-35-24-34(35)45/h1-3,6-10,29,34-35H,4-5,11-14,16-27H2/b10-3+/t29-,34?,35?/m0/s1. The summed E-state index contributed by atoms with van der Waals surface area (Å²) in [6.07, 6.45) is 10.9. The molecule has 11 nitrogen and oxygen atoms in total. The highest BCUT2D eigenvalue weighted by molar-refractivity contribution is 6.36. The van der Waals surface area contributed by atoms with Gasteiger partial charge in [-0.25, -0.2) is 0 Å². The molecule has 0 N–H and O–H groups in total. The van der Waals surface area contributed by atoms with Gasteiger partial charge in [-0.3, -0.25) is 14.6 Å². The summed E-state index contributed by atoms with van der Waals surface area (Å²) < 4.78 is 12.3. The van der Waals surface area contributed by atoms with Gasteiger partial charge in [0.1, 0.15) is 12.4 Å². The predicted octanol–water partition coefficient (Wildman–Crippen LogP) is 4.81. The minimum Gasteiger partial charge on any atom is -0.461 e. The van der Waals surface area contributed by atoms with Crippen molar-refractivity contribution < 1.29 is 14.3 Å². The van der Waals surface area contributed by atoms with Crippen molar-refractivity contribution in [2.75, 3.05) is 75.4 Å². The maximum absolute atomic E-state index is 13.5. The average molecular weight is 723 g/mol. The van der Waals surface area contributed by atoms with Crippen molar-refractivity contribution >= 4 is 39.8 Å². The molecule has 1 aliphatic carbocycles. The molecule has 2 aromatic carbocycles. The van der Waals surface area contributed by atoms with Crippen LogP contribution in [0.3, 0.4) is 0 Å². The van der Waals surface area contributed by atoms with Crippen LogP contribution in [0.1, 0.15) is 49.8 Å². The van der Waals surface area contributed by atoms with Crippen molar-refractivity contribution in [1.82, 2.24) is 24.7 Å². The van der Waals surface area contributed by atoms with Crippen LogP contribution in [-0.2, 0) is 22.5 Å². The Kier molecular flexibility index (Phi) is 9.20. The van der Waals surface area contributed by atoms with Crippen LogP contribution in [0.5, 0.6) is 6.01 Å². The van der Waals surface area contributed by atoms with Crippen molar-refractivity contribution in [1.29, 1.82) is 5.26 Å². The molecule has 0 radical (unpaired) electrons. The molecular weight excluding hydrogens is 676 g/mol. The maximum atomic E-state index is 13.5. The fourth-order valence-corrected chi connectivity index (χ4v) is 9.84. The first-order valence-electron chi connectivity index (χ1n) is 19.1. The number of amides is 1. The zero-order valence-electron chi connectivity index (χ0n) is 29.8. The van der Waals surface area contributed by atoms with E-state index in [0.717, 1.165) is 104 Å². The van der Waals surface area contributed by atoms with E-state index in [1.807, 2.05) is 23.1 Å². The fraction of sp³-hybridized carbons (Fsp3) is 0.550. The van der Waals surface area contributed by atoms with E-state index in [1.165, 1.54) is 12.8 Å². The van der Waals surface area contributed by atoms with E-state index in [4.69, 9.17) is 31.0 Å². The summed E-state index contributed by atoms with van der Waals surface area (Å²) in [7, 11) is 0. The van der Waals surface area contributed by atoms with E-state index < -0.39 is 0 Å². The largest absolute Gasteiger partial charge is 0.461 e. The third-order valence-electron chi connectivity index (χ3n) is 12.3. The molecule has 5 fully saturated rings. The van der Waals surface area contributed by atoms with Crippen molar-refractivity contribution in [3.05, 3.63) is 64.8 Å². The van der Waals surface area contributed by atoms with E-state index in [0.29, 0.717) is 50.9 Å². The Balaban J connectivity index is 0.977. The second-order valence-corrected chi connectivity index (χ2v) is 15.8. The number of benzene rings is 2. The highest BCUT2D eigenvalue weighted by atomic mass is 35.5. The number of fused-ring (bicyclic) bond motifs is 4. The Hall–Kier alpha value is -3.95. The van der Waals surface area contributed by atoms with Gasteiger partial charge in [-0.2, -0.15) is 15.2 Å². The number of hydrogen-bond donors (Lipinski definition) is 0. The smallest absolute Gasteiger partial charge is 0.318 e. The Labute approximate surface area is 310 Å². The van der Waals surface area contributed by atoms with Gasteiger partial charge in [0, 0.05) is 68.0 Å². The lowest BCUT2D eigenvalue weighted by atomic mass is 9.95. The number of piperazine rings is 1. The van der Waals surface area contributed by atoms with Crippen molar-refractivity contribution in [2.45, 2.75) is 75.2 Å². The maximum Gasteiger partial charge on any atom is 0.318 e. The first-order chi connectivity index (χ1) is 25.5. The van der Waals surface area contributed by atoms with Crippen LogP contribution < -0.4 is 14.5 Å². The van der Waals surface area contributed by atoms with Gasteiger partial charge in [-0.1, -0.05) is 41.9 Å². The van der Waals surface area contributed by atoms with Crippen LogP contribution in [0.4, 0.5) is 11.5 Å². The number of anilines is 2. The molecule has 1 saturated carbocycles. The van der Waals surface area contributed by atoms with Crippen molar-refractivity contribution in [3.63, 3.8) is 0 Å². The van der Waals surface area contributed by atoms with Gasteiger partial charge < -0.3 is 24.2 Å². The number of aromatic nitrogens is 2. The SMILES string of the molecule is N#CC[C@H]1CN(c2nc(OCC34CCCN3CCC4)nc3c2CCN(c2cccc4cccc(Cl)c24)C3)CCN1C(=O)/C=C/CN1CCOC2CC21. The third kappa shape index (κ3) is 6.38. The van der Waals surface area contributed by atoms with Crippen LogP contribution in [0.2, 0.25) is 5.02 Å². The molecule has 5 aliphatic heterocycles. The molecule has 3 atom stereocenters. The molecule has 6 heterocycles. The number of nitriles is 1. The zero-order valence-corrected chi connectivity index (χ0v) is 30.5. The molecule has 0 spiro atoms. The lowest BCUT2D eigenvalue weighted by molar-refractivity contribution is -0.128. The quantitative estimate of drug-likeness (QED) is 0.286. The molecule has 1 amide bonds. The molecule has 12 heteroatoms. The summed E-state index contributed by atoms with van der Waals surface area (Å²) in [5.41, 5.74) is 3.25. The van der Waals surface area contributed by atoms with Crippen LogP contribution in [0, 0.1) is 11.3 Å². The van der Waals surface area contributed by atoms with E-state index in [9.17, 15) is 10.1 Å². The van der Waals surface area contributed by atoms with Gasteiger partial charge in [-0.15, -0.1) is 0 Å². The van der Waals surface area contributed by atoms with Crippen LogP contribution in [-0.4, -0.2) is 120 Å². The van der Waals surface area contributed by atoms with E-state index in [1.54, 1.807) is 6.08 Å². The molecule has 0 bridgehead atoms. The number of carbonyl (C=O) groups is 1. The Morgan fingerprint density at radius 1 is 1.06 bits per heavy atom. The van der Waals surface area contributed by atoms with Gasteiger partial charge >= 0.3 is 6.01 Å². The van der Waals surface area contributed by atoms with Crippen LogP contribution in [0.25, 0.3) is 10.8 Å². The molecule has 272 valence electrons. The highest BCUT2D eigenvalue weighted by Gasteiger charge is 2.46. The van der Waals surface area contributed by atoms with E-state index in [2.05, 4.69) is 49.9 Å². The lowest BCUT2D eigenvalue weighted by Crippen LogP contribution is -2.55. The molecule has 2 unspecified atom stereocenters. The van der Waals surface area contributed by atoms with E-state index >= 15 is 0 Å². The topological polar surface area (TPSA) is 101 Å². The Morgan fingerprint density at radius 2 is 1.90 bits per heavy atom. The second-order valence-electron chi connectivity index (χ2n) is 15.4. The van der Waals surface area contributed by atoms with Gasteiger partial charge in [-0.05, 0) is 69.1 Å². The molecule has 52 heavy (non-hydrogen) atoms. The van der Waals surface area contributed by atoms with Gasteiger partial charge in [0.25, 0.3) is 0 Å². The summed E-state index contributed by atoms with van der Waals surface area (Å²) in [6.45, 7) is 8.33. The zero-order chi connectivity index (χ0) is 35.2. The summed E-state index contributed by atoms with van der Waals surface area (Å²) in [5.74, 6) is 0.843. The summed E-state index contributed by atoms with van der Waals surface area (Å²) in [5, 5.41) is 12.8. The normalized spacial score (nSPS) is 25.6. The number of rotatable bonds is 9. The monoisotopic (exact) mass is 722 g/mol. The molecule has 1 aromatic heterocycles. The third-order valence-corrected chi connectivity index (χ3v) is 12.7. The average Bonchev–Trinajstić information content (AvgIpc) is 3.71. The summed E-state index contributed by atoms with van der Waals surface area (Å²) >= 11 is 6.78. The number of nitrogens with zero attached hydrogens (tertiary/aromatic N) is 8. The number of halogens is 1. The Morgan fingerprint density at radius 3 is 2.75 bits per heavy atom. The van der Waals surface area contributed by atoms with Crippen molar-refractivity contribution in [3.8, 4) is 12.1 Å². The van der Waals surface area contributed by atoms with Gasteiger partial charge in [0.2, 0.25) is 5.91 Å². The number of morpholine rings is 1. The summed E-state index contributed by atoms with van der Waals surface area (Å²) in [4.78, 5) is 35.3. The van der Waals surface area contributed by atoms with E-state index in [-0.39, 0.29) is 23.9 Å². The lowest BCUT2D eigenvalue weighted by Gasteiger charge is -2.42. The predicted molar refractivity (Wildman–Crippen MR) is 201 cm³/mol. The van der Waals surface area contributed by atoms with Crippen LogP contribution >= 0.6 is 11.6 Å². The molecular formula is C40H47ClN8O3. The van der Waals surface area contributed by atoms with Gasteiger partial charge in [0.05, 0.1) is 54.0 Å². The molecule has 4 saturated heterocycles. The number of hydrogen-bond acceptors (Lipinski definition) is 10. The fourth-order valence-electron chi connectivity index (χ4n) is 9.56. The number of carbonyl (C=O) groups excluding carboxylic acids is 1. The molecule has 6 aliphatic rings. The first kappa shape index (κ1) is 33.9. The molecule has 3 aromatic rings. The number of ether oxygens (including phenoxy) is 2. The molecule has 9 rings (SSSR count). The minimum absolute atomic E-state index is 0.0319. The second kappa shape index (κ2) is 14.1. The van der Waals surface area contributed by atoms with Crippen LogP contribution in [0.15, 0.2) is 48.6 Å². The summed E-state index contributed by atoms with van der Waals surface area (Å²) in [6, 6.07) is 15.4. The first-order valence-corrected chi connectivity index (χ1v) is 19.5.